The molecule has 1 aromatic carbocycles. The van der Waals surface area contributed by atoms with Crippen LogP contribution in [0.2, 0.25) is 0 Å². The average Bonchev–Trinajstić information content (AvgIpc) is 2.81. The molecule has 4 rings (SSSR count). The highest BCUT2D eigenvalue weighted by molar-refractivity contribution is 6.07. The summed E-state index contributed by atoms with van der Waals surface area (Å²) in [6.45, 7) is 0. The molecule has 1 aliphatic rings. The number of anilines is 2. The molecule has 7 nitrogen and oxygen atoms in total. The number of carbonyl (C=O) groups excluding carboxylic acids is 1. The van der Waals surface area contributed by atoms with Gasteiger partial charge in [0.15, 0.2) is 5.69 Å². The van der Waals surface area contributed by atoms with Gasteiger partial charge in [0, 0.05) is 18.3 Å². The van der Waals surface area contributed by atoms with Crippen molar-refractivity contribution >= 4 is 29.7 Å². The molecule has 0 radical (unpaired) electrons. The van der Waals surface area contributed by atoms with E-state index >= 15 is 0 Å². The van der Waals surface area contributed by atoms with Crippen molar-refractivity contribution in [3.63, 3.8) is 0 Å². The standard InChI is InChI=1S/C24H22F5N5O2.ClH/c25-15-2-1-3-16(26)20(15)21-14(24(27,28)29)10-17(31)22(34-21)23(35)33-18-11-32-9-8-19(18)36-13-6-4-12(30)5-7-13;/h1-3,8-13H,4-7,30-31H2,(H,33,35);1H. The lowest BCUT2D eigenvalue weighted by molar-refractivity contribution is -0.137. The van der Waals surface area contributed by atoms with Crippen LogP contribution in [-0.2, 0) is 6.18 Å². The maximum absolute atomic E-state index is 14.4. The number of aromatic nitrogens is 2. The summed E-state index contributed by atoms with van der Waals surface area (Å²) in [5.41, 5.74) is 6.87. The number of nitrogens with one attached hydrogen (secondary N) is 1. The molecule has 1 amide bonds. The second-order valence-corrected chi connectivity index (χ2v) is 8.40. The molecular formula is C24H23ClF5N5O2. The smallest absolute Gasteiger partial charge is 0.418 e. The molecule has 2 heterocycles. The number of halogens is 6. The van der Waals surface area contributed by atoms with E-state index in [2.05, 4.69) is 15.3 Å². The van der Waals surface area contributed by atoms with Crippen LogP contribution in [0.25, 0.3) is 11.3 Å². The minimum Gasteiger partial charge on any atom is -0.488 e. The maximum atomic E-state index is 14.4. The fourth-order valence-corrected chi connectivity index (χ4v) is 3.99. The third kappa shape index (κ3) is 6.25. The Morgan fingerprint density at radius 2 is 1.73 bits per heavy atom. The maximum Gasteiger partial charge on any atom is 0.418 e. The van der Waals surface area contributed by atoms with E-state index < -0.39 is 51.9 Å². The van der Waals surface area contributed by atoms with Crippen LogP contribution < -0.4 is 21.5 Å². The van der Waals surface area contributed by atoms with Gasteiger partial charge in [-0.25, -0.2) is 13.8 Å². The lowest BCUT2D eigenvalue weighted by atomic mass is 9.94. The van der Waals surface area contributed by atoms with Crippen LogP contribution >= 0.6 is 12.4 Å². The fourth-order valence-electron chi connectivity index (χ4n) is 3.99. The first-order chi connectivity index (χ1) is 17.0. The molecule has 0 bridgehead atoms. The molecule has 3 aromatic rings. The molecule has 0 saturated heterocycles. The van der Waals surface area contributed by atoms with Gasteiger partial charge in [-0.1, -0.05) is 6.07 Å². The van der Waals surface area contributed by atoms with Gasteiger partial charge in [-0.15, -0.1) is 12.4 Å². The third-order valence-electron chi connectivity index (χ3n) is 5.81. The van der Waals surface area contributed by atoms with Gasteiger partial charge in [0.1, 0.15) is 23.1 Å². The highest BCUT2D eigenvalue weighted by atomic mass is 35.5. The Hall–Kier alpha value is -3.51. The van der Waals surface area contributed by atoms with Crippen LogP contribution in [-0.4, -0.2) is 28.0 Å². The monoisotopic (exact) mass is 543 g/mol. The van der Waals surface area contributed by atoms with E-state index in [9.17, 15) is 26.7 Å². The molecule has 0 unspecified atom stereocenters. The van der Waals surface area contributed by atoms with Crippen molar-refractivity contribution in [3.8, 4) is 17.0 Å². The summed E-state index contributed by atoms with van der Waals surface area (Å²) in [6.07, 6.45) is 0.518. The van der Waals surface area contributed by atoms with E-state index in [1.807, 2.05) is 0 Å². The summed E-state index contributed by atoms with van der Waals surface area (Å²) in [5.74, 6) is -3.29. The van der Waals surface area contributed by atoms with E-state index in [1.165, 1.54) is 18.5 Å². The zero-order valence-electron chi connectivity index (χ0n) is 19.2. The van der Waals surface area contributed by atoms with Crippen molar-refractivity contribution in [1.29, 1.82) is 0 Å². The molecule has 37 heavy (non-hydrogen) atoms. The Labute approximate surface area is 214 Å². The van der Waals surface area contributed by atoms with E-state index in [-0.39, 0.29) is 36.0 Å². The van der Waals surface area contributed by atoms with Crippen LogP contribution in [0.3, 0.4) is 0 Å². The van der Waals surface area contributed by atoms with E-state index in [0.717, 1.165) is 31.0 Å². The Bertz CT molecular complexity index is 1260. The molecule has 5 N–H and O–H groups in total. The van der Waals surface area contributed by atoms with Crippen LogP contribution in [0.5, 0.6) is 5.75 Å². The normalized spacial score (nSPS) is 17.6. The number of rotatable bonds is 5. The van der Waals surface area contributed by atoms with Gasteiger partial charge in [-0.05, 0) is 43.9 Å². The molecule has 0 atom stereocenters. The number of carbonyl (C=O) groups is 1. The van der Waals surface area contributed by atoms with Gasteiger partial charge in [0.25, 0.3) is 5.91 Å². The molecule has 0 aliphatic heterocycles. The van der Waals surface area contributed by atoms with Gasteiger partial charge in [-0.2, -0.15) is 13.2 Å². The number of nitrogens with two attached hydrogens (primary N) is 2. The minimum atomic E-state index is -5.05. The second kappa shape index (κ2) is 11.3. The van der Waals surface area contributed by atoms with Crippen molar-refractivity contribution in [1.82, 2.24) is 9.97 Å². The number of alkyl halides is 3. The SMILES string of the molecule is Cl.Nc1cc(C(F)(F)F)c(-c2c(F)cccc2F)nc1C(=O)Nc1cnccc1OC1CCC(N)CC1. The minimum absolute atomic E-state index is 0. The van der Waals surface area contributed by atoms with E-state index in [0.29, 0.717) is 18.9 Å². The molecule has 1 aliphatic carbocycles. The number of hydrogen-bond acceptors (Lipinski definition) is 6. The molecule has 13 heteroatoms. The van der Waals surface area contributed by atoms with Crippen molar-refractivity contribution in [3.05, 3.63) is 65.6 Å². The Balaban J connectivity index is 0.00000380. The lowest BCUT2D eigenvalue weighted by Crippen LogP contribution is -2.31. The van der Waals surface area contributed by atoms with Crippen molar-refractivity contribution in [2.24, 2.45) is 5.73 Å². The number of nitrogens with zero attached hydrogens (tertiary/aromatic N) is 2. The molecular weight excluding hydrogens is 521 g/mol. The molecule has 2 aromatic heterocycles. The summed E-state index contributed by atoms with van der Waals surface area (Å²) in [6, 6.07) is 4.62. The summed E-state index contributed by atoms with van der Waals surface area (Å²) >= 11 is 0. The molecule has 0 spiro atoms. The highest BCUT2D eigenvalue weighted by Gasteiger charge is 2.37. The Morgan fingerprint density at radius 1 is 1.08 bits per heavy atom. The predicted octanol–water partition coefficient (Wildman–Crippen LogP) is 5.35. The van der Waals surface area contributed by atoms with E-state index in [1.54, 1.807) is 0 Å². The van der Waals surface area contributed by atoms with Crippen molar-refractivity contribution in [2.45, 2.75) is 44.0 Å². The van der Waals surface area contributed by atoms with Crippen LogP contribution in [0.4, 0.5) is 33.3 Å². The Morgan fingerprint density at radius 3 is 2.35 bits per heavy atom. The number of amides is 1. The van der Waals surface area contributed by atoms with Gasteiger partial charge in [0.05, 0.1) is 34.8 Å². The van der Waals surface area contributed by atoms with Crippen LogP contribution in [0, 0.1) is 11.6 Å². The molecule has 198 valence electrons. The summed E-state index contributed by atoms with van der Waals surface area (Å²) < 4.78 is 75.8. The van der Waals surface area contributed by atoms with Gasteiger partial charge >= 0.3 is 6.18 Å². The van der Waals surface area contributed by atoms with Crippen molar-refractivity contribution in [2.75, 3.05) is 11.1 Å². The van der Waals surface area contributed by atoms with Gasteiger partial charge in [-0.3, -0.25) is 9.78 Å². The predicted molar refractivity (Wildman–Crippen MR) is 129 cm³/mol. The zero-order valence-corrected chi connectivity index (χ0v) is 20.0. The largest absolute Gasteiger partial charge is 0.488 e. The quantitative estimate of drug-likeness (QED) is 0.374. The summed E-state index contributed by atoms with van der Waals surface area (Å²) in [4.78, 5) is 20.6. The molecule has 1 fully saturated rings. The number of ether oxygens (including phenoxy) is 1. The van der Waals surface area contributed by atoms with Crippen LogP contribution in [0.1, 0.15) is 41.7 Å². The zero-order chi connectivity index (χ0) is 26.0. The lowest BCUT2D eigenvalue weighted by Gasteiger charge is -2.27. The number of nitrogen functional groups attached to an aromatic ring is 1. The van der Waals surface area contributed by atoms with Crippen molar-refractivity contribution < 1.29 is 31.5 Å². The first-order valence-corrected chi connectivity index (χ1v) is 11.0. The van der Waals surface area contributed by atoms with Gasteiger partial charge < -0.3 is 21.5 Å². The first kappa shape index (κ1) is 28.1. The second-order valence-electron chi connectivity index (χ2n) is 8.40. The van der Waals surface area contributed by atoms with Gasteiger partial charge in [0.2, 0.25) is 0 Å². The third-order valence-corrected chi connectivity index (χ3v) is 5.81. The topological polar surface area (TPSA) is 116 Å². The number of benzene rings is 1. The summed E-state index contributed by atoms with van der Waals surface area (Å²) in [5, 5.41) is 2.47. The number of pyridine rings is 2. The molecule has 1 saturated carbocycles. The first-order valence-electron chi connectivity index (χ1n) is 11.0. The average molecular weight is 544 g/mol. The summed E-state index contributed by atoms with van der Waals surface area (Å²) in [7, 11) is 0. The fraction of sp³-hybridized carbons (Fsp3) is 0.292. The van der Waals surface area contributed by atoms with E-state index in [4.69, 9.17) is 16.2 Å². The number of hydrogen-bond donors (Lipinski definition) is 3. The van der Waals surface area contributed by atoms with Crippen LogP contribution in [0.15, 0.2) is 42.7 Å². The highest BCUT2D eigenvalue weighted by Crippen LogP contribution is 2.40. The Kier molecular flexibility index (Phi) is 8.54.